The molecule has 0 spiro atoms. The summed E-state index contributed by atoms with van der Waals surface area (Å²) in [4.78, 5) is 13.3. The zero-order valence-corrected chi connectivity index (χ0v) is 18.7. The molecule has 1 heterocycles. The van der Waals surface area contributed by atoms with Gasteiger partial charge < -0.3 is 5.32 Å². The Labute approximate surface area is 174 Å². The Hall–Kier alpha value is -2.18. The van der Waals surface area contributed by atoms with Crippen LogP contribution in [0.5, 0.6) is 0 Å². The molecule has 5 nitrogen and oxygen atoms in total. The van der Waals surface area contributed by atoms with Gasteiger partial charge in [-0.05, 0) is 75.8 Å². The largest absolute Gasteiger partial charge is 0.326 e. The maximum atomic E-state index is 13.4. The van der Waals surface area contributed by atoms with Crippen LogP contribution in [0.4, 0.5) is 5.69 Å². The predicted molar refractivity (Wildman–Crippen MR) is 117 cm³/mol. The Morgan fingerprint density at radius 3 is 2.28 bits per heavy atom. The molecule has 1 fully saturated rings. The molecule has 0 saturated carbocycles. The van der Waals surface area contributed by atoms with Crippen molar-refractivity contribution in [2.24, 2.45) is 5.92 Å². The molecule has 2 aromatic carbocycles. The van der Waals surface area contributed by atoms with Gasteiger partial charge in [0.25, 0.3) is 0 Å². The van der Waals surface area contributed by atoms with Crippen molar-refractivity contribution in [2.75, 3.05) is 18.4 Å². The number of hydrogen-bond acceptors (Lipinski definition) is 3. The van der Waals surface area contributed by atoms with Crippen molar-refractivity contribution >= 4 is 21.6 Å². The normalized spacial score (nSPS) is 17.9. The van der Waals surface area contributed by atoms with Gasteiger partial charge in [-0.1, -0.05) is 29.8 Å². The number of carbonyl (C=O) groups is 1. The first-order valence-corrected chi connectivity index (χ1v) is 11.5. The minimum atomic E-state index is -3.64. The average Bonchev–Trinajstić information content (AvgIpc) is 2.63. The number of amides is 1. The highest BCUT2D eigenvalue weighted by molar-refractivity contribution is 7.89. The maximum absolute atomic E-state index is 13.4. The number of benzene rings is 2. The SMILES string of the molecule is Cc1cc(C)c(S(=O)(=O)N2CCC[C@@H](C(=O)Nc3cc(C)ccc3C)C2)c(C)c1. The lowest BCUT2D eigenvalue weighted by atomic mass is 9.98. The second-order valence-electron chi connectivity index (χ2n) is 8.24. The van der Waals surface area contributed by atoms with Gasteiger partial charge in [-0.3, -0.25) is 4.79 Å². The molecule has 29 heavy (non-hydrogen) atoms. The highest BCUT2D eigenvalue weighted by atomic mass is 32.2. The number of rotatable bonds is 4. The Kier molecular flexibility index (Phi) is 6.15. The van der Waals surface area contributed by atoms with Gasteiger partial charge in [-0.2, -0.15) is 4.31 Å². The fourth-order valence-corrected chi connectivity index (χ4v) is 6.12. The minimum Gasteiger partial charge on any atom is -0.326 e. The monoisotopic (exact) mass is 414 g/mol. The lowest BCUT2D eigenvalue weighted by molar-refractivity contribution is -0.120. The summed E-state index contributed by atoms with van der Waals surface area (Å²) >= 11 is 0. The van der Waals surface area contributed by atoms with Crippen LogP contribution in [0.3, 0.4) is 0 Å². The third-order valence-corrected chi connectivity index (χ3v) is 7.78. The van der Waals surface area contributed by atoms with Crippen molar-refractivity contribution < 1.29 is 13.2 Å². The first-order valence-electron chi connectivity index (χ1n) is 10.1. The fraction of sp³-hybridized carbons (Fsp3) is 0.435. The van der Waals surface area contributed by atoms with Crippen molar-refractivity contribution in [3.05, 3.63) is 58.1 Å². The Bertz CT molecular complexity index is 1020. The van der Waals surface area contributed by atoms with Crippen LogP contribution in [0.15, 0.2) is 35.2 Å². The zero-order valence-electron chi connectivity index (χ0n) is 17.9. The number of piperidine rings is 1. The van der Waals surface area contributed by atoms with Gasteiger partial charge in [0.1, 0.15) is 0 Å². The van der Waals surface area contributed by atoms with Crippen LogP contribution in [0, 0.1) is 40.5 Å². The second kappa shape index (κ2) is 8.28. The number of carbonyl (C=O) groups excluding carboxylic acids is 1. The Balaban J connectivity index is 1.81. The van der Waals surface area contributed by atoms with Crippen molar-refractivity contribution in [3.63, 3.8) is 0 Å². The van der Waals surface area contributed by atoms with E-state index in [1.807, 2.05) is 65.0 Å². The number of nitrogens with one attached hydrogen (secondary N) is 1. The third kappa shape index (κ3) is 4.54. The minimum absolute atomic E-state index is 0.115. The fourth-order valence-electron chi connectivity index (χ4n) is 4.18. The van der Waals surface area contributed by atoms with Gasteiger partial charge in [0, 0.05) is 18.8 Å². The van der Waals surface area contributed by atoms with Gasteiger partial charge >= 0.3 is 0 Å². The number of sulfonamides is 1. The van der Waals surface area contributed by atoms with E-state index < -0.39 is 10.0 Å². The van der Waals surface area contributed by atoms with Crippen LogP contribution in [-0.2, 0) is 14.8 Å². The van der Waals surface area contributed by atoms with E-state index in [1.165, 1.54) is 4.31 Å². The van der Waals surface area contributed by atoms with Crippen LogP contribution in [-0.4, -0.2) is 31.7 Å². The highest BCUT2D eigenvalue weighted by Gasteiger charge is 2.35. The van der Waals surface area contributed by atoms with Crippen molar-refractivity contribution in [1.82, 2.24) is 4.31 Å². The topological polar surface area (TPSA) is 66.5 Å². The molecule has 0 radical (unpaired) electrons. The van der Waals surface area contributed by atoms with E-state index in [9.17, 15) is 13.2 Å². The highest BCUT2D eigenvalue weighted by Crippen LogP contribution is 2.29. The average molecular weight is 415 g/mol. The van der Waals surface area contributed by atoms with Crippen LogP contribution in [0.1, 0.15) is 40.7 Å². The molecule has 1 aliphatic heterocycles. The summed E-state index contributed by atoms with van der Waals surface area (Å²) in [7, 11) is -3.64. The number of aryl methyl sites for hydroxylation is 5. The second-order valence-corrected chi connectivity index (χ2v) is 10.1. The zero-order chi connectivity index (χ0) is 21.3. The molecule has 0 aliphatic carbocycles. The van der Waals surface area contributed by atoms with Gasteiger partial charge in [0.2, 0.25) is 15.9 Å². The van der Waals surface area contributed by atoms with E-state index in [0.29, 0.717) is 24.3 Å². The molecule has 0 unspecified atom stereocenters. The summed E-state index contributed by atoms with van der Waals surface area (Å²) in [5, 5.41) is 3.00. The van der Waals surface area contributed by atoms with Crippen molar-refractivity contribution in [3.8, 4) is 0 Å². The summed E-state index contributed by atoms with van der Waals surface area (Å²) in [6.07, 6.45) is 1.36. The molecule has 6 heteroatoms. The molecule has 0 aromatic heterocycles. The molecule has 1 atom stereocenters. The van der Waals surface area contributed by atoms with E-state index >= 15 is 0 Å². The van der Waals surface area contributed by atoms with Crippen LogP contribution in [0.2, 0.25) is 0 Å². The molecule has 3 rings (SSSR count). The van der Waals surface area contributed by atoms with E-state index in [0.717, 1.165) is 33.5 Å². The first kappa shape index (κ1) is 21.5. The number of anilines is 1. The van der Waals surface area contributed by atoms with Crippen molar-refractivity contribution in [1.29, 1.82) is 0 Å². The standard InChI is InChI=1S/C23H30N2O3S/c1-15-8-9-17(3)21(13-15)24-23(26)20-7-6-10-25(14-20)29(27,28)22-18(4)11-16(2)12-19(22)5/h8-9,11-13,20H,6-7,10,14H2,1-5H3,(H,24,26)/t20-/m1/s1. The number of nitrogens with zero attached hydrogens (tertiary/aromatic N) is 1. The Morgan fingerprint density at radius 2 is 1.62 bits per heavy atom. The molecular weight excluding hydrogens is 384 g/mol. The Morgan fingerprint density at radius 1 is 0.966 bits per heavy atom. The summed E-state index contributed by atoms with van der Waals surface area (Å²) < 4.78 is 28.2. The molecule has 156 valence electrons. The maximum Gasteiger partial charge on any atom is 0.243 e. The van der Waals surface area contributed by atoms with E-state index in [2.05, 4.69) is 5.32 Å². The van der Waals surface area contributed by atoms with Crippen molar-refractivity contribution in [2.45, 2.75) is 52.4 Å². The molecule has 1 aliphatic rings. The summed E-state index contributed by atoms with van der Waals surface area (Å²) in [6.45, 7) is 10.2. The van der Waals surface area contributed by atoms with Crippen LogP contribution >= 0.6 is 0 Å². The smallest absolute Gasteiger partial charge is 0.243 e. The van der Waals surface area contributed by atoms with E-state index in [1.54, 1.807) is 0 Å². The molecule has 1 N–H and O–H groups in total. The van der Waals surface area contributed by atoms with Crippen LogP contribution < -0.4 is 5.32 Å². The van der Waals surface area contributed by atoms with E-state index in [-0.39, 0.29) is 18.4 Å². The summed E-state index contributed by atoms with van der Waals surface area (Å²) in [5.41, 5.74) is 5.41. The third-order valence-electron chi connectivity index (χ3n) is 5.61. The molecule has 1 amide bonds. The van der Waals surface area contributed by atoms with E-state index in [4.69, 9.17) is 0 Å². The quantitative estimate of drug-likeness (QED) is 0.812. The van der Waals surface area contributed by atoms with Gasteiger partial charge in [-0.25, -0.2) is 8.42 Å². The molecule has 2 aromatic rings. The van der Waals surface area contributed by atoms with Gasteiger partial charge in [0.05, 0.1) is 10.8 Å². The summed E-state index contributed by atoms with van der Waals surface area (Å²) in [6, 6.07) is 9.73. The summed E-state index contributed by atoms with van der Waals surface area (Å²) in [5.74, 6) is -0.472. The lowest BCUT2D eigenvalue weighted by Gasteiger charge is -2.32. The first-order chi connectivity index (χ1) is 13.6. The van der Waals surface area contributed by atoms with Crippen LogP contribution in [0.25, 0.3) is 0 Å². The number of hydrogen-bond donors (Lipinski definition) is 1. The van der Waals surface area contributed by atoms with Gasteiger partial charge in [-0.15, -0.1) is 0 Å². The van der Waals surface area contributed by atoms with Gasteiger partial charge in [0.15, 0.2) is 0 Å². The molecule has 1 saturated heterocycles. The molecular formula is C23H30N2O3S. The predicted octanol–water partition coefficient (Wildman–Crippen LogP) is 4.27. The lowest BCUT2D eigenvalue weighted by Crippen LogP contribution is -2.44. The molecule has 0 bridgehead atoms.